The molecule has 0 aliphatic rings. The van der Waals surface area contributed by atoms with E-state index >= 15 is 0 Å². The van der Waals surface area contributed by atoms with E-state index in [1.807, 2.05) is 12.1 Å². The Morgan fingerprint density at radius 2 is 1.24 bits per heavy atom. The van der Waals surface area contributed by atoms with Crippen LogP contribution in [-0.2, 0) is 7.05 Å². The van der Waals surface area contributed by atoms with Crippen LogP contribution in [0.3, 0.4) is 0 Å². The van der Waals surface area contributed by atoms with Gasteiger partial charge in [0.15, 0.2) is 0 Å². The van der Waals surface area contributed by atoms with E-state index in [-0.39, 0.29) is 0 Å². The van der Waals surface area contributed by atoms with Gasteiger partial charge < -0.3 is 9.13 Å². The van der Waals surface area contributed by atoms with Gasteiger partial charge in [0.25, 0.3) is 0 Å². The smallest absolute Gasteiger partial charge is 0.0992 e. The van der Waals surface area contributed by atoms with E-state index in [0.29, 0.717) is 5.56 Å². The van der Waals surface area contributed by atoms with Gasteiger partial charge in [-0.2, -0.15) is 5.26 Å². The van der Waals surface area contributed by atoms with E-state index < -0.39 is 0 Å². The third-order valence-electron chi connectivity index (χ3n) is 5.96. The van der Waals surface area contributed by atoms with Crippen molar-refractivity contribution >= 4 is 43.6 Å². The lowest BCUT2D eigenvalue weighted by Gasteiger charge is -2.09. The van der Waals surface area contributed by atoms with E-state index in [1.54, 1.807) is 0 Å². The number of rotatable bonds is 1. The fourth-order valence-electron chi connectivity index (χ4n) is 4.61. The van der Waals surface area contributed by atoms with Crippen molar-refractivity contribution in [2.45, 2.75) is 0 Å². The lowest BCUT2D eigenvalue weighted by molar-refractivity contribution is 1.01. The predicted octanol–water partition coefficient (Wildman–Crippen LogP) is 6.30. The summed E-state index contributed by atoms with van der Waals surface area (Å²) >= 11 is 0. The van der Waals surface area contributed by atoms with Gasteiger partial charge in [-0.15, -0.1) is 0 Å². The van der Waals surface area contributed by atoms with Crippen LogP contribution in [0.15, 0.2) is 84.9 Å². The molecule has 0 atom stereocenters. The number of aromatic nitrogens is 2. The van der Waals surface area contributed by atoms with Crippen molar-refractivity contribution in [3.8, 4) is 11.8 Å². The molecule has 0 saturated carbocycles. The van der Waals surface area contributed by atoms with Gasteiger partial charge in [0.1, 0.15) is 0 Å². The molecule has 6 aromatic rings. The normalized spacial score (nSPS) is 11.6. The molecule has 0 fully saturated rings. The highest BCUT2D eigenvalue weighted by atomic mass is 15.0. The lowest BCUT2D eigenvalue weighted by atomic mass is 10.1. The molecule has 29 heavy (non-hydrogen) atoms. The largest absolute Gasteiger partial charge is 0.344 e. The molecule has 0 bridgehead atoms. The molecular formula is C26H17N3. The molecular weight excluding hydrogens is 354 g/mol. The van der Waals surface area contributed by atoms with Crippen molar-refractivity contribution in [3.05, 3.63) is 90.5 Å². The maximum atomic E-state index is 9.43. The Morgan fingerprint density at radius 1 is 0.621 bits per heavy atom. The van der Waals surface area contributed by atoms with Crippen molar-refractivity contribution in [2.75, 3.05) is 0 Å². The number of hydrogen-bond donors (Lipinski definition) is 0. The van der Waals surface area contributed by atoms with Gasteiger partial charge in [-0.3, -0.25) is 0 Å². The first-order valence-corrected chi connectivity index (χ1v) is 9.67. The van der Waals surface area contributed by atoms with E-state index in [0.717, 1.165) is 22.1 Å². The standard InChI is InChI=1S/C26H17N3/c1-28-23-8-4-2-6-19(23)21-13-11-18(15-25(21)28)29-24-9-5-3-7-20(24)22-12-10-17(16-27)14-26(22)29/h2-15H,1H3. The Balaban J connectivity index is 1.75. The Hall–Kier alpha value is -4.03. The Labute approximate surface area is 167 Å². The fourth-order valence-corrected chi connectivity index (χ4v) is 4.61. The maximum Gasteiger partial charge on any atom is 0.0992 e. The molecule has 0 amide bonds. The van der Waals surface area contributed by atoms with Crippen molar-refractivity contribution in [1.29, 1.82) is 5.26 Å². The first-order chi connectivity index (χ1) is 14.3. The third-order valence-corrected chi connectivity index (χ3v) is 5.96. The van der Waals surface area contributed by atoms with E-state index in [4.69, 9.17) is 0 Å². The number of nitrogens with zero attached hydrogens (tertiary/aromatic N) is 3. The second kappa shape index (κ2) is 5.73. The summed E-state index contributed by atoms with van der Waals surface area (Å²) in [5.41, 5.74) is 6.41. The summed E-state index contributed by atoms with van der Waals surface area (Å²) in [5, 5.41) is 14.3. The van der Waals surface area contributed by atoms with E-state index in [1.165, 1.54) is 27.2 Å². The third kappa shape index (κ3) is 2.11. The van der Waals surface area contributed by atoms with Gasteiger partial charge in [-0.25, -0.2) is 0 Å². The molecule has 4 aromatic carbocycles. The maximum absolute atomic E-state index is 9.43. The monoisotopic (exact) mass is 371 g/mol. The lowest BCUT2D eigenvalue weighted by Crippen LogP contribution is -1.95. The average Bonchev–Trinajstić information content (AvgIpc) is 3.26. The van der Waals surface area contributed by atoms with Crippen LogP contribution >= 0.6 is 0 Å². The van der Waals surface area contributed by atoms with E-state index in [9.17, 15) is 5.26 Å². The van der Waals surface area contributed by atoms with Crippen molar-refractivity contribution in [3.63, 3.8) is 0 Å². The summed E-state index contributed by atoms with van der Waals surface area (Å²) < 4.78 is 4.52. The minimum Gasteiger partial charge on any atom is -0.344 e. The van der Waals surface area contributed by atoms with Gasteiger partial charge in [-0.05, 0) is 36.4 Å². The number of aryl methyl sites for hydroxylation is 1. The molecule has 0 saturated heterocycles. The Morgan fingerprint density at radius 3 is 2.03 bits per heavy atom. The number of nitriles is 1. The van der Waals surface area contributed by atoms with Gasteiger partial charge in [0, 0.05) is 39.8 Å². The van der Waals surface area contributed by atoms with Crippen LogP contribution in [0.5, 0.6) is 0 Å². The molecule has 0 radical (unpaired) electrons. The first-order valence-electron chi connectivity index (χ1n) is 9.67. The Kier molecular flexibility index (Phi) is 3.16. The van der Waals surface area contributed by atoms with Crippen molar-refractivity contribution in [2.24, 2.45) is 7.05 Å². The Bertz CT molecular complexity index is 1620. The highest BCUT2D eigenvalue weighted by Gasteiger charge is 2.14. The highest BCUT2D eigenvalue weighted by Crippen LogP contribution is 2.35. The molecule has 2 heterocycles. The fraction of sp³-hybridized carbons (Fsp3) is 0.0385. The molecule has 2 aromatic heterocycles. The van der Waals surface area contributed by atoms with Crippen molar-refractivity contribution < 1.29 is 0 Å². The van der Waals surface area contributed by atoms with Crippen LogP contribution in [0.25, 0.3) is 49.3 Å². The molecule has 136 valence electrons. The first kappa shape index (κ1) is 16.0. The predicted molar refractivity (Wildman–Crippen MR) is 119 cm³/mol. The zero-order chi connectivity index (χ0) is 19.5. The van der Waals surface area contributed by atoms with Crippen LogP contribution in [0.4, 0.5) is 0 Å². The molecule has 3 nitrogen and oxygen atoms in total. The van der Waals surface area contributed by atoms with Crippen molar-refractivity contribution in [1.82, 2.24) is 9.13 Å². The molecule has 6 rings (SSSR count). The zero-order valence-corrected chi connectivity index (χ0v) is 15.9. The van der Waals surface area contributed by atoms with Gasteiger partial charge >= 0.3 is 0 Å². The van der Waals surface area contributed by atoms with Gasteiger partial charge in [0.2, 0.25) is 0 Å². The number of hydrogen-bond acceptors (Lipinski definition) is 1. The molecule has 0 aliphatic heterocycles. The molecule has 0 unspecified atom stereocenters. The van der Waals surface area contributed by atoms with Crippen LogP contribution in [0.2, 0.25) is 0 Å². The minimum absolute atomic E-state index is 0.673. The molecule has 3 heteroatoms. The topological polar surface area (TPSA) is 33.6 Å². The second-order valence-corrected chi connectivity index (χ2v) is 7.47. The summed E-state index contributed by atoms with van der Waals surface area (Å²) in [5.74, 6) is 0. The highest BCUT2D eigenvalue weighted by molar-refractivity contribution is 6.11. The minimum atomic E-state index is 0.673. The van der Waals surface area contributed by atoms with Crippen LogP contribution in [0, 0.1) is 11.3 Å². The number of para-hydroxylation sites is 2. The summed E-state index contributed by atoms with van der Waals surface area (Å²) in [6.07, 6.45) is 0. The summed E-state index contributed by atoms with van der Waals surface area (Å²) in [6, 6.07) is 31.8. The van der Waals surface area contributed by atoms with Gasteiger partial charge in [0.05, 0.1) is 28.2 Å². The van der Waals surface area contributed by atoms with Crippen LogP contribution < -0.4 is 0 Å². The summed E-state index contributed by atoms with van der Waals surface area (Å²) in [6.45, 7) is 0. The van der Waals surface area contributed by atoms with E-state index in [2.05, 4.69) is 95.0 Å². The summed E-state index contributed by atoms with van der Waals surface area (Å²) in [4.78, 5) is 0. The number of fused-ring (bicyclic) bond motifs is 6. The van der Waals surface area contributed by atoms with Crippen LogP contribution in [-0.4, -0.2) is 9.13 Å². The second-order valence-electron chi connectivity index (χ2n) is 7.47. The molecule has 0 spiro atoms. The summed E-state index contributed by atoms with van der Waals surface area (Å²) in [7, 11) is 2.12. The quantitative estimate of drug-likeness (QED) is 0.334. The van der Waals surface area contributed by atoms with Gasteiger partial charge in [-0.1, -0.05) is 48.5 Å². The SMILES string of the molecule is Cn1c2ccccc2c2ccc(-n3c4ccccc4c4ccc(C#N)cc43)cc21. The number of benzene rings is 4. The molecule has 0 aliphatic carbocycles. The zero-order valence-electron chi connectivity index (χ0n) is 15.9. The van der Waals surface area contributed by atoms with Crippen LogP contribution in [0.1, 0.15) is 5.56 Å². The molecule has 0 N–H and O–H groups in total. The average molecular weight is 371 g/mol.